The van der Waals surface area contributed by atoms with Gasteiger partial charge < -0.3 is 5.11 Å². The maximum Gasteiger partial charge on any atom is 0.329 e. The fourth-order valence-electron chi connectivity index (χ4n) is 1.00. The van der Waals surface area contributed by atoms with Crippen LogP contribution in [0.4, 0.5) is 5.69 Å². The van der Waals surface area contributed by atoms with Gasteiger partial charge in [0.15, 0.2) is 9.84 Å². The zero-order chi connectivity index (χ0) is 13.1. The molecule has 0 amide bonds. The zero-order valence-electron chi connectivity index (χ0n) is 8.31. The van der Waals surface area contributed by atoms with Crippen molar-refractivity contribution in [1.29, 1.82) is 0 Å². The van der Waals surface area contributed by atoms with Crippen LogP contribution in [-0.4, -0.2) is 24.4 Å². The van der Waals surface area contributed by atoms with E-state index in [1.54, 1.807) is 0 Å². The molecular formula is C9H7NO6S. The van der Waals surface area contributed by atoms with Crippen LogP contribution in [0, 0.1) is 10.1 Å². The standard InChI is InChI=1S/C9H7NO6S/c11-9(12)4-5-17(15,16)8-3-1-2-7(6-8)10(13)14/h1-6H,(H,11,12)/b5-4+. The monoisotopic (exact) mass is 257 g/mol. The maximum absolute atomic E-state index is 11.5. The summed E-state index contributed by atoms with van der Waals surface area (Å²) in [7, 11) is -3.98. The minimum Gasteiger partial charge on any atom is -0.478 e. The number of carbonyl (C=O) groups is 1. The van der Waals surface area contributed by atoms with Gasteiger partial charge in [0.2, 0.25) is 0 Å². The van der Waals surface area contributed by atoms with Crippen LogP contribution in [-0.2, 0) is 14.6 Å². The Labute approximate surface area is 96.1 Å². The molecule has 0 spiro atoms. The van der Waals surface area contributed by atoms with Crippen LogP contribution in [0.1, 0.15) is 0 Å². The summed E-state index contributed by atoms with van der Waals surface area (Å²) in [4.78, 5) is 19.6. The molecule has 1 aromatic carbocycles. The molecule has 0 bridgehead atoms. The normalized spacial score (nSPS) is 11.5. The van der Waals surface area contributed by atoms with Gasteiger partial charge in [-0.15, -0.1) is 0 Å². The highest BCUT2D eigenvalue weighted by Crippen LogP contribution is 2.18. The number of nitro benzene ring substituents is 1. The summed E-state index contributed by atoms with van der Waals surface area (Å²) in [5.41, 5.74) is -0.380. The molecule has 0 aliphatic carbocycles. The minimum absolute atomic E-state index is 0.329. The van der Waals surface area contributed by atoms with Crippen molar-refractivity contribution in [2.75, 3.05) is 0 Å². The molecule has 0 aromatic heterocycles. The lowest BCUT2D eigenvalue weighted by atomic mass is 10.3. The van der Waals surface area contributed by atoms with Crippen LogP contribution in [0.3, 0.4) is 0 Å². The van der Waals surface area contributed by atoms with Crippen LogP contribution in [0.5, 0.6) is 0 Å². The lowest BCUT2D eigenvalue weighted by Crippen LogP contribution is -1.99. The van der Waals surface area contributed by atoms with E-state index < -0.39 is 20.7 Å². The first kappa shape index (κ1) is 12.8. The number of non-ortho nitro benzene ring substituents is 1. The molecule has 0 saturated carbocycles. The highest BCUT2D eigenvalue weighted by molar-refractivity contribution is 7.94. The summed E-state index contributed by atoms with van der Waals surface area (Å²) in [6.07, 6.45) is 0.453. The number of sulfone groups is 1. The Morgan fingerprint density at radius 2 is 2.06 bits per heavy atom. The van der Waals surface area contributed by atoms with Gasteiger partial charge in [-0.25, -0.2) is 13.2 Å². The van der Waals surface area contributed by atoms with Gasteiger partial charge in [0.05, 0.1) is 9.82 Å². The molecule has 0 fully saturated rings. The van der Waals surface area contributed by atoms with Gasteiger partial charge in [0.1, 0.15) is 0 Å². The predicted octanol–water partition coefficient (Wildman–Crippen LogP) is 0.967. The fraction of sp³-hybridized carbons (Fsp3) is 0. The van der Waals surface area contributed by atoms with E-state index in [4.69, 9.17) is 5.11 Å². The van der Waals surface area contributed by atoms with Gasteiger partial charge in [-0.1, -0.05) is 6.07 Å². The topological polar surface area (TPSA) is 115 Å². The maximum atomic E-state index is 11.5. The molecule has 8 heteroatoms. The number of nitro groups is 1. The molecule has 0 unspecified atom stereocenters. The lowest BCUT2D eigenvalue weighted by Gasteiger charge is -1.98. The number of rotatable bonds is 4. The first-order valence-corrected chi connectivity index (χ1v) is 5.78. The summed E-state index contributed by atoms with van der Waals surface area (Å²) in [5, 5.41) is 19.2. The summed E-state index contributed by atoms with van der Waals surface area (Å²) >= 11 is 0. The Morgan fingerprint density at radius 3 is 2.59 bits per heavy atom. The minimum atomic E-state index is -3.98. The molecule has 1 rings (SSSR count). The average Bonchev–Trinajstić information content (AvgIpc) is 2.27. The van der Waals surface area contributed by atoms with Gasteiger partial charge in [-0.2, -0.15) is 0 Å². The van der Waals surface area contributed by atoms with Gasteiger partial charge in [0, 0.05) is 23.6 Å². The number of hydrogen-bond acceptors (Lipinski definition) is 5. The van der Waals surface area contributed by atoms with Crippen LogP contribution in [0.15, 0.2) is 40.6 Å². The van der Waals surface area contributed by atoms with E-state index in [9.17, 15) is 23.3 Å². The SMILES string of the molecule is O=C(O)/C=C/S(=O)(=O)c1cccc([N+](=O)[O-])c1. The molecule has 0 saturated heterocycles. The number of nitrogens with zero attached hydrogens (tertiary/aromatic N) is 1. The number of aliphatic carboxylic acids is 1. The first-order valence-electron chi connectivity index (χ1n) is 4.23. The molecule has 1 aromatic rings. The highest BCUT2D eigenvalue weighted by Gasteiger charge is 2.15. The number of hydrogen-bond donors (Lipinski definition) is 1. The molecule has 0 aliphatic heterocycles. The Morgan fingerprint density at radius 1 is 1.41 bits per heavy atom. The third-order valence-electron chi connectivity index (χ3n) is 1.75. The number of carboxylic acids is 1. The average molecular weight is 257 g/mol. The molecular weight excluding hydrogens is 250 g/mol. The van der Waals surface area contributed by atoms with Gasteiger partial charge in [-0.05, 0) is 6.07 Å². The van der Waals surface area contributed by atoms with Crippen molar-refractivity contribution in [3.8, 4) is 0 Å². The quantitative estimate of drug-likeness (QED) is 0.488. The highest BCUT2D eigenvalue weighted by atomic mass is 32.2. The third kappa shape index (κ3) is 3.38. The predicted molar refractivity (Wildman–Crippen MR) is 57.1 cm³/mol. The van der Waals surface area contributed by atoms with Crippen LogP contribution in [0.25, 0.3) is 0 Å². The van der Waals surface area contributed by atoms with E-state index in [2.05, 4.69) is 0 Å². The van der Waals surface area contributed by atoms with E-state index in [0.29, 0.717) is 11.5 Å². The second-order valence-corrected chi connectivity index (χ2v) is 4.77. The van der Waals surface area contributed by atoms with Crippen molar-refractivity contribution >= 4 is 21.5 Å². The van der Waals surface area contributed by atoms with E-state index in [0.717, 1.165) is 18.2 Å². The second kappa shape index (κ2) is 4.74. The van der Waals surface area contributed by atoms with Crippen LogP contribution in [0.2, 0.25) is 0 Å². The zero-order valence-corrected chi connectivity index (χ0v) is 9.12. The summed E-state index contributed by atoms with van der Waals surface area (Å²) in [6.45, 7) is 0. The molecule has 0 heterocycles. The Kier molecular flexibility index (Phi) is 3.59. The first-order chi connectivity index (χ1) is 7.83. The lowest BCUT2D eigenvalue weighted by molar-refractivity contribution is -0.385. The van der Waals surface area contributed by atoms with Gasteiger partial charge in [-0.3, -0.25) is 10.1 Å². The van der Waals surface area contributed by atoms with Crippen molar-refractivity contribution in [2.24, 2.45) is 0 Å². The Hall–Kier alpha value is -2.22. The van der Waals surface area contributed by atoms with E-state index in [1.807, 2.05) is 0 Å². The molecule has 0 aliphatic rings. The largest absolute Gasteiger partial charge is 0.478 e. The van der Waals surface area contributed by atoms with Gasteiger partial charge >= 0.3 is 5.97 Å². The van der Waals surface area contributed by atoms with E-state index >= 15 is 0 Å². The Bertz CT molecular complexity index is 589. The number of carboxylic acid groups (broad SMARTS) is 1. The molecule has 7 nitrogen and oxygen atoms in total. The summed E-state index contributed by atoms with van der Waals surface area (Å²) in [6, 6.07) is 4.36. The summed E-state index contributed by atoms with van der Waals surface area (Å²) in [5.74, 6) is -1.42. The summed E-state index contributed by atoms with van der Waals surface area (Å²) < 4.78 is 23.1. The molecule has 1 N–H and O–H groups in total. The smallest absolute Gasteiger partial charge is 0.329 e. The number of benzene rings is 1. The van der Waals surface area contributed by atoms with Crippen molar-refractivity contribution < 1.29 is 23.2 Å². The fourth-order valence-corrected chi connectivity index (χ4v) is 2.01. The molecule has 0 atom stereocenters. The van der Waals surface area contributed by atoms with Crippen molar-refractivity contribution in [3.05, 3.63) is 45.9 Å². The van der Waals surface area contributed by atoms with Gasteiger partial charge in [0.25, 0.3) is 5.69 Å². The third-order valence-corrected chi connectivity index (χ3v) is 3.15. The van der Waals surface area contributed by atoms with E-state index in [-0.39, 0.29) is 10.6 Å². The Balaban J connectivity index is 3.20. The van der Waals surface area contributed by atoms with Crippen LogP contribution >= 0.6 is 0 Å². The molecule has 90 valence electrons. The molecule has 0 radical (unpaired) electrons. The van der Waals surface area contributed by atoms with Crippen molar-refractivity contribution in [1.82, 2.24) is 0 Å². The van der Waals surface area contributed by atoms with Crippen LogP contribution < -0.4 is 0 Å². The van der Waals surface area contributed by atoms with E-state index in [1.165, 1.54) is 6.07 Å². The molecule has 17 heavy (non-hydrogen) atoms. The second-order valence-electron chi connectivity index (χ2n) is 2.94. The van der Waals surface area contributed by atoms with Crippen molar-refractivity contribution in [2.45, 2.75) is 4.90 Å². The van der Waals surface area contributed by atoms with Crippen molar-refractivity contribution in [3.63, 3.8) is 0 Å².